The fourth-order valence-corrected chi connectivity index (χ4v) is 4.19. The molecule has 2 fully saturated rings. The van der Waals surface area contributed by atoms with E-state index in [-0.39, 0.29) is 0 Å². The van der Waals surface area contributed by atoms with Crippen molar-refractivity contribution in [3.8, 4) is 0 Å². The smallest absolute Gasteiger partial charge is 0.241 e. The van der Waals surface area contributed by atoms with E-state index in [0.717, 1.165) is 61.4 Å². The average Bonchev–Trinajstić information content (AvgIpc) is 2.74. The van der Waals surface area contributed by atoms with Gasteiger partial charge in [-0.1, -0.05) is 6.07 Å². The van der Waals surface area contributed by atoms with Gasteiger partial charge in [-0.3, -0.25) is 9.69 Å². The molecule has 1 aliphatic carbocycles. The van der Waals surface area contributed by atoms with E-state index in [1.807, 2.05) is 18.2 Å². The molecule has 28 heavy (non-hydrogen) atoms. The summed E-state index contributed by atoms with van der Waals surface area (Å²) in [7, 11) is 0. The molecule has 0 spiro atoms. The fourth-order valence-electron chi connectivity index (χ4n) is 4.19. The SMILES string of the molecule is NC(=O)/C=C/c1ccc2ncnc(NC3CCC(N4CCOCC4)CC3)c2c1. The fraction of sp³-hybridized carbons (Fsp3) is 0.476. The largest absolute Gasteiger partial charge is 0.379 e. The molecule has 0 unspecified atom stereocenters. The number of fused-ring (bicyclic) bond motifs is 1. The minimum Gasteiger partial charge on any atom is -0.379 e. The monoisotopic (exact) mass is 381 g/mol. The second-order valence-electron chi connectivity index (χ2n) is 7.53. The van der Waals surface area contributed by atoms with E-state index in [1.54, 1.807) is 12.4 Å². The van der Waals surface area contributed by atoms with E-state index >= 15 is 0 Å². The van der Waals surface area contributed by atoms with Crippen molar-refractivity contribution < 1.29 is 9.53 Å². The van der Waals surface area contributed by atoms with Gasteiger partial charge in [-0.25, -0.2) is 9.97 Å². The summed E-state index contributed by atoms with van der Waals surface area (Å²) in [6.07, 6.45) is 9.35. The maximum Gasteiger partial charge on any atom is 0.241 e. The minimum absolute atomic E-state index is 0.417. The first-order valence-corrected chi connectivity index (χ1v) is 9.99. The Hall–Kier alpha value is -2.51. The zero-order valence-electron chi connectivity index (χ0n) is 16.0. The van der Waals surface area contributed by atoms with Crippen LogP contribution >= 0.6 is 0 Å². The number of carbonyl (C=O) groups is 1. The standard InChI is InChI=1S/C21H27N5O2/c22-20(27)8-2-15-1-7-19-18(13-15)21(24-14-23-19)25-16-3-5-17(6-4-16)26-9-11-28-12-10-26/h1-2,7-8,13-14,16-17H,3-6,9-12H2,(H2,22,27)(H,23,24,25)/b8-2+. The summed E-state index contributed by atoms with van der Waals surface area (Å²) in [4.78, 5) is 22.4. The van der Waals surface area contributed by atoms with Crippen molar-refractivity contribution in [1.29, 1.82) is 0 Å². The molecule has 7 heteroatoms. The molecule has 0 bridgehead atoms. The second kappa shape index (κ2) is 8.67. The Morgan fingerprint density at radius 3 is 2.71 bits per heavy atom. The molecule has 2 heterocycles. The lowest BCUT2D eigenvalue weighted by atomic mass is 9.90. The molecule has 1 saturated heterocycles. The quantitative estimate of drug-likeness (QED) is 0.771. The minimum atomic E-state index is -0.459. The van der Waals surface area contributed by atoms with E-state index in [1.165, 1.54) is 18.9 Å². The maximum absolute atomic E-state index is 11.0. The van der Waals surface area contributed by atoms with Crippen LogP contribution in [0.4, 0.5) is 5.82 Å². The average molecular weight is 381 g/mol. The van der Waals surface area contributed by atoms with Crippen LogP contribution in [-0.4, -0.2) is 59.2 Å². The number of nitrogens with two attached hydrogens (primary N) is 1. The van der Waals surface area contributed by atoms with Gasteiger partial charge in [-0.05, 0) is 49.5 Å². The van der Waals surface area contributed by atoms with Crippen molar-refractivity contribution in [3.05, 3.63) is 36.2 Å². The Morgan fingerprint density at radius 1 is 1.18 bits per heavy atom. The number of anilines is 1. The van der Waals surface area contributed by atoms with Gasteiger partial charge in [0, 0.05) is 36.6 Å². The highest BCUT2D eigenvalue weighted by atomic mass is 16.5. The first kappa shape index (κ1) is 18.8. The van der Waals surface area contributed by atoms with E-state index in [4.69, 9.17) is 10.5 Å². The van der Waals surface area contributed by atoms with Crippen LogP contribution in [0.3, 0.4) is 0 Å². The summed E-state index contributed by atoms with van der Waals surface area (Å²) >= 11 is 0. The molecule has 148 valence electrons. The number of benzene rings is 1. The Morgan fingerprint density at radius 2 is 1.96 bits per heavy atom. The molecule has 7 nitrogen and oxygen atoms in total. The summed E-state index contributed by atoms with van der Waals surface area (Å²) < 4.78 is 5.47. The molecule has 1 saturated carbocycles. The molecular weight excluding hydrogens is 354 g/mol. The number of ether oxygens (including phenoxy) is 1. The number of nitrogens with zero attached hydrogens (tertiary/aromatic N) is 3. The van der Waals surface area contributed by atoms with Crippen LogP contribution in [0.5, 0.6) is 0 Å². The number of rotatable bonds is 5. The van der Waals surface area contributed by atoms with Gasteiger partial charge in [-0.15, -0.1) is 0 Å². The normalized spacial score (nSPS) is 23.9. The van der Waals surface area contributed by atoms with Gasteiger partial charge in [-0.2, -0.15) is 0 Å². The first-order valence-electron chi connectivity index (χ1n) is 9.99. The van der Waals surface area contributed by atoms with Gasteiger partial charge in [0.05, 0.1) is 18.7 Å². The van der Waals surface area contributed by atoms with Crippen molar-refractivity contribution in [2.75, 3.05) is 31.6 Å². The molecule has 0 radical (unpaired) electrons. The summed E-state index contributed by atoms with van der Waals surface area (Å²) in [5.74, 6) is 0.397. The summed E-state index contributed by atoms with van der Waals surface area (Å²) in [5.41, 5.74) is 6.99. The zero-order valence-corrected chi connectivity index (χ0v) is 16.0. The van der Waals surface area contributed by atoms with Gasteiger partial charge < -0.3 is 15.8 Å². The highest BCUT2D eigenvalue weighted by Crippen LogP contribution is 2.28. The summed E-state index contributed by atoms with van der Waals surface area (Å²) in [5, 5.41) is 4.59. The van der Waals surface area contributed by atoms with E-state index in [0.29, 0.717) is 12.1 Å². The van der Waals surface area contributed by atoms with E-state index < -0.39 is 5.91 Å². The molecule has 0 atom stereocenters. The first-order chi connectivity index (χ1) is 13.7. The molecule has 3 N–H and O–H groups in total. The third-order valence-electron chi connectivity index (χ3n) is 5.70. The van der Waals surface area contributed by atoms with E-state index in [9.17, 15) is 4.79 Å². The number of hydrogen-bond acceptors (Lipinski definition) is 6. The Balaban J connectivity index is 1.44. The Bertz CT molecular complexity index is 855. The molecule has 1 aliphatic heterocycles. The highest BCUT2D eigenvalue weighted by Gasteiger charge is 2.27. The van der Waals surface area contributed by atoms with Crippen LogP contribution < -0.4 is 11.1 Å². The van der Waals surface area contributed by atoms with Gasteiger partial charge in [0.2, 0.25) is 5.91 Å². The van der Waals surface area contributed by atoms with Gasteiger partial charge in [0.25, 0.3) is 0 Å². The lowest BCUT2D eigenvalue weighted by Crippen LogP contribution is -2.46. The number of nitrogens with one attached hydrogen (secondary N) is 1. The predicted octanol–water partition coefficient (Wildman–Crippen LogP) is 2.18. The third-order valence-corrected chi connectivity index (χ3v) is 5.70. The van der Waals surface area contributed by atoms with Crippen LogP contribution in [0.1, 0.15) is 31.2 Å². The third kappa shape index (κ3) is 4.48. The summed E-state index contributed by atoms with van der Waals surface area (Å²) in [6.45, 7) is 3.83. The van der Waals surface area contributed by atoms with Crippen LogP contribution in [0.25, 0.3) is 17.0 Å². The van der Waals surface area contributed by atoms with Crippen molar-refractivity contribution in [2.24, 2.45) is 5.73 Å². The van der Waals surface area contributed by atoms with Gasteiger partial charge in [0.1, 0.15) is 12.1 Å². The van der Waals surface area contributed by atoms with Crippen molar-refractivity contribution in [3.63, 3.8) is 0 Å². The molecule has 1 aromatic carbocycles. The number of hydrogen-bond donors (Lipinski definition) is 2. The molecule has 2 aliphatic rings. The Kier molecular flexibility index (Phi) is 5.83. The van der Waals surface area contributed by atoms with E-state index in [2.05, 4.69) is 20.2 Å². The number of morpholine rings is 1. The van der Waals surface area contributed by atoms with Crippen LogP contribution in [0, 0.1) is 0 Å². The molecule has 4 rings (SSSR count). The zero-order chi connectivity index (χ0) is 19.3. The summed E-state index contributed by atoms with van der Waals surface area (Å²) in [6, 6.07) is 6.95. The van der Waals surface area contributed by atoms with Crippen molar-refractivity contribution in [2.45, 2.75) is 37.8 Å². The Labute approximate surface area is 165 Å². The second-order valence-corrected chi connectivity index (χ2v) is 7.53. The number of carbonyl (C=O) groups excluding carboxylic acids is 1. The van der Waals surface area contributed by atoms with Gasteiger partial charge in [0.15, 0.2) is 0 Å². The molecular formula is C21H27N5O2. The highest BCUT2D eigenvalue weighted by molar-refractivity contribution is 5.93. The molecule has 1 amide bonds. The predicted molar refractivity (Wildman–Crippen MR) is 110 cm³/mol. The van der Waals surface area contributed by atoms with Crippen LogP contribution in [0.15, 0.2) is 30.6 Å². The van der Waals surface area contributed by atoms with Crippen molar-refractivity contribution >= 4 is 28.7 Å². The van der Waals surface area contributed by atoms with Crippen LogP contribution in [0.2, 0.25) is 0 Å². The molecule has 1 aromatic heterocycles. The lowest BCUT2D eigenvalue weighted by Gasteiger charge is -2.39. The van der Waals surface area contributed by atoms with Crippen molar-refractivity contribution in [1.82, 2.24) is 14.9 Å². The maximum atomic E-state index is 11.0. The topological polar surface area (TPSA) is 93.4 Å². The number of amides is 1. The molecule has 2 aromatic rings. The number of aromatic nitrogens is 2. The lowest BCUT2D eigenvalue weighted by molar-refractivity contribution is -0.113. The van der Waals surface area contributed by atoms with Gasteiger partial charge >= 0.3 is 0 Å². The number of primary amides is 1. The van der Waals surface area contributed by atoms with Crippen LogP contribution in [-0.2, 0) is 9.53 Å².